The molecule has 3 rings (SSSR count). The molecule has 2 aromatic carbocycles. The molecular weight excluding hydrogens is 404 g/mol. The van der Waals surface area contributed by atoms with Gasteiger partial charge in [-0.3, -0.25) is 9.59 Å². The van der Waals surface area contributed by atoms with Crippen molar-refractivity contribution in [3.8, 4) is 0 Å². The quantitative estimate of drug-likeness (QED) is 0.538. The van der Waals surface area contributed by atoms with Crippen molar-refractivity contribution < 1.29 is 19.8 Å². The normalized spacial score (nSPS) is 13.8. The minimum Gasteiger partial charge on any atom is -0.481 e. The Labute approximate surface area is 182 Å². The van der Waals surface area contributed by atoms with Gasteiger partial charge in [0.25, 0.3) is 0 Å². The number of carboxylic acids is 2. The van der Waals surface area contributed by atoms with Gasteiger partial charge in [0, 0.05) is 6.04 Å². The molecule has 4 N–H and O–H groups in total. The van der Waals surface area contributed by atoms with Gasteiger partial charge >= 0.3 is 11.9 Å². The van der Waals surface area contributed by atoms with Crippen LogP contribution in [0, 0.1) is 6.92 Å². The number of hydrogen-bond acceptors (Lipinski definition) is 4. The van der Waals surface area contributed by atoms with Gasteiger partial charge in [0.1, 0.15) is 0 Å². The first-order chi connectivity index (χ1) is 14.3. The minimum atomic E-state index is -1.08. The van der Waals surface area contributed by atoms with E-state index >= 15 is 0 Å². The van der Waals surface area contributed by atoms with Crippen molar-refractivity contribution >= 4 is 29.2 Å². The van der Waals surface area contributed by atoms with Crippen LogP contribution in [-0.2, 0) is 22.4 Å². The Morgan fingerprint density at radius 3 is 2.23 bits per heavy atom. The molecule has 0 spiro atoms. The molecule has 1 unspecified atom stereocenters. The molecule has 0 radical (unpaired) electrons. The first-order valence-electron chi connectivity index (χ1n) is 10.1. The first-order valence-corrected chi connectivity index (χ1v) is 10.4. The molecule has 0 saturated carbocycles. The highest BCUT2D eigenvalue weighted by atomic mass is 35.5. The largest absolute Gasteiger partial charge is 0.481 e. The molecule has 0 bridgehead atoms. The predicted octanol–water partition coefficient (Wildman–Crippen LogP) is 4.45. The number of aryl methyl sites for hydroxylation is 1. The van der Waals surface area contributed by atoms with Crippen molar-refractivity contribution in [2.75, 3.05) is 18.4 Å². The number of fused-ring (bicyclic) bond motifs is 1. The second-order valence-electron chi connectivity index (χ2n) is 7.37. The monoisotopic (exact) mass is 432 g/mol. The highest BCUT2D eigenvalue weighted by Crippen LogP contribution is 2.33. The van der Waals surface area contributed by atoms with Crippen LogP contribution in [-0.4, -0.2) is 35.2 Å². The number of nitrogens with one attached hydrogen (secondary N) is 2. The molecule has 6 nitrogen and oxygen atoms in total. The molecule has 0 aromatic heterocycles. The van der Waals surface area contributed by atoms with E-state index in [4.69, 9.17) is 21.8 Å². The zero-order valence-corrected chi connectivity index (χ0v) is 18.1. The molecular formula is C23H29ClN2O4. The topological polar surface area (TPSA) is 98.7 Å². The number of carbonyl (C=O) groups is 2. The molecule has 1 atom stereocenters. The minimum absolute atomic E-state index is 0.237. The average Bonchev–Trinajstić information content (AvgIpc) is 2.95. The van der Waals surface area contributed by atoms with Gasteiger partial charge in [-0.15, -0.1) is 0 Å². The maximum Gasteiger partial charge on any atom is 0.303 e. The number of rotatable bonds is 6. The molecule has 30 heavy (non-hydrogen) atoms. The number of halogens is 1. The molecule has 0 fully saturated rings. The van der Waals surface area contributed by atoms with Gasteiger partial charge in [0.05, 0.1) is 23.6 Å². The van der Waals surface area contributed by atoms with Crippen molar-refractivity contribution in [2.45, 2.75) is 45.6 Å². The van der Waals surface area contributed by atoms with E-state index in [9.17, 15) is 9.59 Å². The van der Waals surface area contributed by atoms with Crippen LogP contribution >= 0.6 is 11.6 Å². The molecule has 2 aromatic rings. The summed E-state index contributed by atoms with van der Waals surface area (Å²) in [6, 6.07) is 13.1. The fourth-order valence-corrected chi connectivity index (χ4v) is 3.50. The van der Waals surface area contributed by atoms with E-state index in [1.807, 2.05) is 6.07 Å². The van der Waals surface area contributed by atoms with Gasteiger partial charge in [-0.2, -0.15) is 0 Å². The lowest BCUT2D eigenvalue weighted by Crippen LogP contribution is -2.16. The van der Waals surface area contributed by atoms with Gasteiger partial charge in [0.2, 0.25) is 0 Å². The maximum atomic E-state index is 9.64. The fraction of sp³-hybridized carbons (Fsp3) is 0.391. The summed E-state index contributed by atoms with van der Waals surface area (Å²) in [7, 11) is 0. The zero-order valence-electron chi connectivity index (χ0n) is 17.4. The van der Waals surface area contributed by atoms with Gasteiger partial charge in [-0.05, 0) is 62.5 Å². The molecule has 7 heteroatoms. The Bertz CT molecular complexity index is 854. The molecule has 0 aliphatic carbocycles. The molecule has 1 aliphatic rings. The van der Waals surface area contributed by atoms with Crippen LogP contribution in [0.5, 0.6) is 0 Å². The van der Waals surface area contributed by atoms with Crippen molar-refractivity contribution in [1.29, 1.82) is 0 Å². The van der Waals surface area contributed by atoms with E-state index in [0.29, 0.717) is 0 Å². The number of carboxylic acid groups (broad SMARTS) is 2. The Morgan fingerprint density at radius 1 is 1.03 bits per heavy atom. The summed E-state index contributed by atoms with van der Waals surface area (Å²) < 4.78 is 0. The number of hydrogen-bond donors (Lipinski definition) is 4. The molecule has 1 heterocycles. The third kappa shape index (κ3) is 7.35. The van der Waals surface area contributed by atoms with Gasteiger partial charge < -0.3 is 20.8 Å². The van der Waals surface area contributed by atoms with E-state index in [1.165, 1.54) is 22.3 Å². The number of aliphatic carboxylic acids is 2. The van der Waals surface area contributed by atoms with Crippen LogP contribution in [0.15, 0.2) is 36.4 Å². The summed E-state index contributed by atoms with van der Waals surface area (Å²) in [5, 5.41) is 23.7. The summed E-state index contributed by atoms with van der Waals surface area (Å²) in [5.41, 5.74) is 6.46. The van der Waals surface area contributed by atoms with Crippen molar-refractivity contribution in [3.63, 3.8) is 0 Å². The standard InChI is InChI=1S/C19H23ClN2.C4H6O4/c1-13-3-5-15(6-4-13)14(2)22-19-17-10-12-21-11-9-16(17)7-8-18(19)20;5-3(6)1-2-4(7)8/h3-8,14,21-22H,9-12H2,1-2H3;1-2H2,(H,5,6)(H,7,8). The second-order valence-corrected chi connectivity index (χ2v) is 7.78. The predicted molar refractivity (Wildman–Crippen MR) is 119 cm³/mol. The van der Waals surface area contributed by atoms with Gasteiger partial charge in [-0.1, -0.05) is 47.5 Å². The lowest BCUT2D eigenvalue weighted by Gasteiger charge is -2.21. The smallest absolute Gasteiger partial charge is 0.303 e. The van der Waals surface area contributed by atoms with E-state index in [2.05, 4.69) is 54.8 Å². The maximum absolute atomic E-state index is 9.64. The number of anilines is 1. The Morgan fingerprint density at radius 2 is 1.63 bits per heavy atom. The third-order valence-electron chi connectivity index (χ3n) is 4.97. The summed E-state index contributed by atoms with van der Waals surface area (Å²) in [6.45, 7) is 6.36. The Kier molecular flexibility index (Phi) is 9.15. The Balaban J connectivity index is 0.000000343. The summed E-state index contributed by atoms with van der Waals surface area (Å²) in [5.74, 6) is -2.15. The van der Waals surface area contributed by atoms with E-state index in [0.717, 1.165) is 36.6 Å². The van der Waals surface area contributed by atoms with Gasteiger partial charge in [0.15, 0.2) is 0 Å². The zero-order chi connectivity index (χ0) is 22.1. The summed E-state index contributed by atoms with van der Waals surface area (Å²) in [4.78, 5) is 19.3. The Hall–Kier alpha value is -2.57. The third-order valence-corrected chi connectivity index (χ3v) is 5.29. The van der Waals surface area contributed by atoms with Crippen LogP contribution in [0.4, 0.5) is 5.69 Å². The van der Waals surface area contributed by atoms with E-state index < -0.39 is 11.9 Å². The molecule has 0 amide bonds. The number of benzene rings is 2. The first kappa shape index (κ1) is 23.7. The lowest BCUT2D eigenvalue weighted by atomic mass is 9.99. The van der Waals surface area contributed by atoms with Crippen molar-refractivity contribution in [2.24, 2.45) is 0 Å². The molecule has 162 valence electrons. The second kappa shape index (κ2) is 11.6. The molecule has 1 aliphatic heterocycles. The van der Waals surface area contributed by atoms with Crippen LogP contribution in [0.2, 0.25) is 5.02 Å². The highest BCUT2D eigenvalue weighted by molar-refractivity contribution is 6.33. The van der Waals surface area contributed by atoms with E-state index in [-0.39, 0.29) is 18.9 Å². The fourth-order valence-electron chi connectivity index (χ4n) is 3.27. The summed E-state index contributed by atoms with van der Waals surface area (Å²) in [6.07, 6.45) is 1.50. The van der Waals surface area contributed by atoms with Gasteiger partial charge in [-0.25, -0.2) is 0 Å². The highest BCUT2D eigenvalue weighted by Gasteiger charge is 2.16. The lowest BCUT2D eigenvalue weighted by molar-refractivity contribution is -0.143. The van der Waals surface area contributed by atoms with Crippen molar-refractivity contribution in [3.05, 3.63) is 63.7 Å². The SMILES string of the molecule is Cc1ccc(C(C)Nc2c(Cl)ccc3c2CCNCC3)cc1.O=C(O)CCC(=O)O. The van der Waals surface area contributed by atoms with Crippen LogP contribution in [0.1, 0.15) is 48.1 Å². The average molecular weight is 433 g/mol. The summed E-state index contributed by atoms with van der Waals surface area (Å²) >= 11 is 6.49. The van der Waals surface area contributed by atoms with Crippen LogP contribution < -0.4 is 10.6 Å². The van der Waals surface area contributed by atoms with E-state index in [1.54, 1.807) is 0 Å². The van der Waals surface area contributed by atoms with Crippen molar-refractivity contribution in [1.82, 2.24) is 5.32 Å². The van der Waals surface area contributed by atoms with Crippen LogP contribution in [0.3, 0.4) is 0 Å². The molecule has 0 saturated heterocycles. The van der Waals surface area contributed by atoms with Crippen LogP contribution in [0.25, 0.3) is 0 Å².